The predicted molar refractivity (Wildman–Crippen MR) is 31.9 cm³/mol. The Hall–Kier alpha value is 1.40. The normalized spacial score (nSPS) is 6.75. The first kappa shape index (κ1) is 16.2. The zero-order valence-electron chi connectivity index (χ0n) is 4.22. The molecule has 0 bridgehead atoms. The van der Waals surface area contributed by atoms with Crippen molar-refractivity contribution in [3.05, 3.63) is 0 Å². The summed E-state index contributed by atoms with van der Waals surface area (Å²) in [5.41, 5.74) is 0. The Balaban J connectivity index is -0.000000125. The summed E-state index contributed by atoms with van der Waals surface area (Å²) < 4.78 is 0. The number of rotatable bonds is 3. The summed E-state index contributed by atoms with van der Waals surface area (Å²) in [5, 5.41) is 16.2. The van der Waals surface area contributed by atoms with Gasteiger partial charge in [-0.2, -0.15) is 0 Å². The van der Waals surface area contributed by atoms with Crippen LogP contribution in [0, 0.1) is 0 Å². The fourth-order valence-electron chi connectivity index (χ4n) is 0.224. The summed E-state index contributed by atoms with van der Waals surface area (Å²) in [6, 6.07) is 0. The molecule has 2 nitrogen and oxygen atoms in total. The second-order valence-electron chi connectivity index (χ2n) is 1.15. The van der Waals surface area contributed by atoms with Crippen LogP contribution in [0.2, 0.25) is 0 Å². The second-order valence-corrected chi connectivity index (χ2v) is 1.15. The van der Waals surface area contributed by atoms with Gasteiger partial charge >= 0.3 is 23.1 Å². The third kappa shape index (κ3) is 15.7. The Morgan fingerprint density at radius 1 is 0.875 bits per heavy atom. The van der Waals surface area contributed by atoms with Gasteiger partial charge in [-0.1, -0.05) is 0 Å². The average molecular weight is 164 g/mol. The van der Waals surface area contributed by atoms with Crippen LogP contribution in [0.5, 0.6) is 0 Å². The van der Waals surface area contributed by atoms with Gasteiger partial charge in [0.1, 0.15) is 0 Å². The van der Waals surface area contributed by atoms with Crippen LogP contribution in [0.4, 0.5) is 0 Å². The molecular formula is C4H12MgO2Ti. The van der Waals surface area contributed by atoms with Crippen molar-refractivity contribution in [2.45, 2.75) is 12.8 Å². The molecule has 0 aromatic carbocycles. The Labute approximate surface area is 80.7 Å². The first-order valence-electron chi connectivity index (χ1n) is 2.13. The second kappa shape index (κ2) is 15.8. The van der Waals surface area contributed by atoms with Crippen LogP contribution < -0.4 is 0 Å². The maximum atomic E-state index is 8.09. The molecule has 2 N–H and O–H groups in total. The van der Waals surface area contributed by atoms with Gasteiger partial charge in [0.2, 0.25) is 0 Å². The number of hydrogen-bond acceptors (Lipinski definition) is 2. The van der Waals surface area contributed by atoms with Gasteiger partial charge in [0.25, 0.3) is 0 Å². The van der Waals surface area contributed by atoms with E-state index in [0.29, 0.717) is 0 Å². The Bertz CT molecular complexity index is 26.0. The van der Waals surface area contributed by atoms with Crippen molar-refractivity contribution in [2.24, 2.45) is 0 Å². The van der Waals surface area contributed by atoms with E-state index >= 15 is 0 Å². The van der Waals surface area contributed by atoms with E-state index in [1.165, 1.54) is 0 Å². The van der Waals surface area contributed by atoms with Crippen LogP contribution in [-0.2, 0) is 21.7 Å². The van der Waals surface area contributed by atoms with Crippen molar-refractivity contribution in [2.75, 3.05) is 13.2 Å². The van der Waals surface area contributed by atoms with Crippen molar-refractivity contribution in [3.8, 4) is 0 Å². The number of aliphatic hydroxyl groups is 2. The summed E-state index contributed by atoms with van der Waals surface area (Å²) in [5.74, 6) is 0. The van der Waals surface area contributed by atoms with E-state index in [9.17, 15) is 0 Å². The molecule has 0 unspecified atom stereocenters. The zero-order valence-corrected chi connectivity index (χ0v) is 5.78. The van der Waals surface area contributed by atoms with E-state index in [0.717, 1.165) is 12.8 Å². The molecule has 0 heterocycles. The van der Waals surface area contributed by atoms with Crippen LogP contribution in [0.3, 0.4) is 0 Å². The van der Waals surface area contributed by atoms with Crippen molar-refractivity contribution in [1.82, 2.24) is 0 Å². The molecule has 0 radical (unpaired) electrons. The van der Waals surface area contributed by atoms with Gasteiger partial charge in [-0.15, -0.1) is 0 Å². The molecule has 0 saturated heterocycles. The molecule has 0 aliphatic rings. The van der Waals surface area contributed by atoms with E-state index in [-0.39, 0.29) is 58.0 Å². The number of unbranched alkanes of at least 4 members (excludes halogenated alkanes) is 1. The largest absolute Gasteiger partial charge is 0.396 e. The Morgan fingerprint density at radius 2 is 1.12 bits per heavy atom. The third-order valence-electron chi connectivity index (χ3n) is 0.566. The Kier molecular flexibility index (Phi) is 31.9. The number of hydrogen-bond donors (Lipinski definition) is 2. The molecule has 0 aromatic heterocycles. The van der Waals surface area contributed by atoms with Crippen LogP contribution in [-0.4, -0.2) is 46.5 Å². The molecule has 0 rings (SSSR count). The first-order chi connectivity index (χ1) is 2.91. The molecule has 0 spiro atoms. The van der Waals surface area contributed by atoms with Crippen LogP contribution >= 0.6 is 0 Å². The minimum absolute atomic E-state index is 0. The molecule has 8 heavy (non-hydrogen) atoms. The van der Waals surface area contributed by atoms with Gasteiger partial charge in [0, 0.05) is 34.9 Å². The summed E-state index contributed by atoms with van der Waals surface area (Å²) >= 11 is 0. The molecule has 0 saturated carbocycles. The molecule has 0 aliphatic carbocycles. The van der Waals surface area contributed by atoms with Crippen molar-refractivity contribution >= 4 is 23.1 Å². The van der Waals surface area contributed by atoms with E-state index < -0.39 is 0 Å². The smallest absolute Gasteiger partial charge is 0.316 e. The monoisotopic (exact) mass is 164 g/mol. The van der Waals surface area contributed by atoms with Crippen LogP contribution in [0.1, 0.15) is 12.8 Å². The predicted octanol–water partition coefficient (Wildman–Crippen LogP) is -1.17. The quantitative estimate of drug-likeness (QED) is 0.408. The van der Waals surface area contributed by atoms with Crippen molar-refractivity contribution in [3.63, 3.8) is 0 Å². The van der Waals surface area contributed by atoms with Gasteiger partial charge in [-0.25, -0.2) is 0 Å². The maximum absolute atomic E-state index is 8.09. The molecule has 0 amide bonds. The summed E-state index contributed by atoms with van der Waals surface area (Å²) in [6.07, 6.45) is 1.44. The SMILES string of the molecule is OCCCCO.[MgH2].[Ti]. The topological polar surface area (TPSA) is 40.5 Å². The first-order valence-corrected chi connectivity index (χ1v) is 2.13. The van der Waals surface area contributed by atoms with E-state index in [4.69, 9.17) is 10.2 Å². The summed E-state index contributed by atoms with van der Waals surface area (Å²) in [7, 11) is 0. The minimum atomic E-state index is 0. The standard InChI is InChI=1S/C4H10O2.Mg.Ti.2H/c5-3-1-2-4-6;;;;/h5-6H,1-4H2;;;;. The fraction of sp³-hybridized carbons (Fsp3) is 1.00. The molecular weight excluding hydrogens is 152 g/mol. The van der Waals surface area contributed by atoms with Crippen LogP contribution in [0.25, 0.3) is 0 Å². The molecule has 0 aliphatic heterocycles. The van der Waals surface area contributed by atoms with Gasteiger partial charge in [0.15, 0.2) is 0 Å². The van der Waals surface area contributed by atoms with Crippen molar-refractivity contribution < 1.29 is 31.9 Å². The van der Waals surface area contributed by atoms with E-state index in [1.54, 1.807) is 0 Å². The zero-order chi connectivity index (χ0) is 4.83. The summed E-state index contributed by atoms with van der Waals surface area (Å²) in [4.78, 5) is 0. The third-order valence-corrected chi connectivity index (χ3v) is 0.566. The van der Waals surface area contributed by atoms with E-state index in [2.05, 4.69) is 0 Å². The number of aliphatic hydroxyl groups excluding tert-OH is 2. The van der Waals surface area contributed by atoms with Crippen molar-refractivity contribution in [1.29, 1.82) is 0 Å². The van der Waals surface area contributed by atoms with Gasteiger partial charge in [0.05, 0.1) is 0 Å². The Morgan fingerprint density at radius 3 is 1.25 bits per heavy atom. The van der Waals surface area contributed by atoms with Gasteiger partial charge < -0.3 is 10.2 Å². The molecule has 0 fully saturated rings. The summed E-state index contributed by atoms with van der Waals surface area (Å²) in [6.45, 7) is 0.390. The van der Waals surface area contributed by atoms with Crippen LogP contribution in [0.15, 0.2) is 0 Å². The fourth-order valence-corrected chi connectivity index (χ4v) is 0.224. The van der Waals surface area contributed by atoms with Gasteiger partial charge in [-0.05, 0) is 12.8 Å². The minimum Gasteiger partial charge on any atom is -0.396 e. The maximum Gasteiger partial charge on any atom is 0.316 e. The van der Waals surface area contributed by atoms with Gasteiger partial charge in [-0.3, -0.25) is 0 Å². The molecule has 4 heteroatoms. The molecule has 0 aromatic rings. The average Bonchev–Trinajstić information content (AvgIpc) is 1.61. The molecule has 0 atom stereocenters. The van der Waals surface area contributed by atoms with E-state index in [1.807, 2.05) is 0 Å². The molecule has 46 valence electrons.